The molecule has 0 radical (unpaired) electrons. The third-order valence-electron chi connectivity index (χ3n) is 3.73. The van der Waals surface area contributed by atoms with E-state index in [9.17, 15) is 4.79 Å². The molecule has 102 valence electrons. The number of hydrogen-bond acceptors (Lipinski definition) is 2. The Morgan fingerprint density at radius 2 is 1.62 bits per heavy atom. The van der Waals surface area contributed by atoms with Crippen molar-refractivity contribution in [1.82, 2.24) is 0 Å². The van der Waals surface area contributed by atoms with Crippen molar-refractivity contribution < 1.29 is 4.79 Å². The summed E-state index contributed by atoms with van der Waals surface area (Å²) in [5.74, 6) is 0.0510. The lowest BCUT2D eigenvalue weighted by Gasteiger charge is -2.25. The van der Waals surface area contributed by atoms with Gasteiger partial charge in [-0.3, -0.25) is 4.79 Å². The average Bonchev–Trinajstić information content (AvgIpc) is 2.54. The number of anilines is 1. The highest BCUT2D eigenvalue weighted by Gasteiger charge is 2.29. The fourth-order valence-electron chi connectivity index (χ4n) is 2.74. The molecule has 3 aromatic rings. The number of benzene rings is 3. The van der Waals surface area contributed by atoms with E-state index >= 15 is 0 Å². The van der Waals surface area contributed by atoms with E-state index in [1.807, 2.05) is 42.5 Å². The molecule has 4 rings (SSSR count). The van der Waals surface area contributed by atoms with Gasteiger partial charge in [0, 0.05) is 4.90 Å². The number of thioether (sulfide) groups is 1. The average molecular weight is 291 g/mol. The Bertz CT molecular complexity index is 838. The minimum Gasteiger partial charge on any atom is -0.324 e. The maximum atomic E-state index is 12.5. The lowest BCUT2D eigenvalue weighted by Crippen LogP contribution is -2.23. The highest BCUT2D eigenvalue weighted by molar-refractivity contribution is 8.00. The van der Waals surface area contributed by atoms with Gasteiger partial charge in [0.15, 0.2) is 0 Å². The standard InChI is InChI=1S/C18H13NOS/c20-18-17(21-16-11-4-3-10-15(16)19-18)14-9-5-7-12-6-1-2-8-13(12)14/h1-11,17H,(H,19,20). The van der Waals surface area contributed by atoms with Crippen LogP contribution in [0.25, 0.3) is 10.8 Å². The molecule has 3 aromatic carbocycles. The molecule has 1 N–H and O–H groups in total. The number of carbonyl (C=O) groups excluding carboxylic acids is 1. The number of fused-ring (bicyclic) bond motifs is 2. The second-order valence-electron chi connectivity index (χ2n) is 5.05. The van der Waals surface area contributed by atoms with E-state index in [0.29, 0.717) is 0 Å². The normalized spacial score (nSPS) is 17.3. The third kappa shape index (κ3) is 2.10. The summed E-state index contributed by atoms with van der Waals surface area (Å²) < 4.78 is 0. The van der Waals surface area contributed by atoms with Crippen LogP contribution in [0.2, 0.25) is 0 Å². The van der Waals surface area contributed by atoms with E-state index in [1.54, 1.807) is 11.8 Å². The first-order chi connectivity index (χ1) is 10.3. The predicted molar refractivity (Wildman–Crippen MR) is 87.6 cm³/mol. The summed E-state index contributed by atoms with van der Waals surface area (Å²) in [6.07, 6.45) is 0. The van der Waals surface area contributed by atoms with Gasteiger partial charge >= 0.3 is 0 Å². The van der Waals surface area contributed by atoms with Gasteiger partial charge < -0.3 is 5.32 Å². The van der Waals surface area contributed by atoms with E-state index in [-0.39, 0.29) is 11.2 Å². The van der Waals surface area contributed by atoms with Gasteiger partial charge in [0.2, 0.25) is 5.91 Å². The highest BCUT2D eigenvalue weighted by atomic mass is 32.2. The van der Waals surface area contributed by atoms with E-state index in [2.05, 4.69) is 29.6 Å². The predicted octanol–water partition coefficient (Wildman–Crippen LogP) is 4.63. The Kier molecular flexibility index (Phi) is 2.93. The van der Waals surface area contributed by atoms with E-state index < -0.39 is 0 Å². The van der Waals surface area contributed by atoms with Crippen LogP contribution in [0, 0.1) is 0 Å². The fourth-order valence-corrected chi connectivity index (χ4v) is 3.89. The van der Waals surface area contributed by atoms with Gasteiger partial charge in [-0.05, 0) is 28.5 Å². The Morgan fingerprint density at radius 1 is 0.857 bits per heavy atom. The zero-order chi connectivity index (χ0) is 14.2. The van der Waals surface area contributed by atoms with E-state index in [0.717, 1.165) is 21.5 Å². The van der Waals surface area contributed by atoms with Crippen LogP contribution in [0.15, 0.2) is 71.6 Å². The number of rotatable bonds is 1. The summed E-state index contributed by atoms with van der Waals surface area (Å²) in [7, 11) is 0. The van der Waals surface area contributed by atoms with Crippen LogP contribution < -0.4 is 5.32 Å². The molecule has 2 nitrogen and oxygen atoms in total. The molecule has 1 heterocycles. The molecule has 0 saturated carbocycles. The number of para-hydroxylation sites is 1. The molecule has 0 saturated heterocycles. The molecule has 1 aliphatic rings. The summed E-state index contributed by atoms with van der Waals surface area (Å²) in [4.78, 5) is 13.6. The van der Waals surface area contributed by atoms with Crippen molar-refractivity contribution in [1.29, 1.82) is 0 Å². The zero-order valence-corrected chi connectivity index (χ0v) is 12.1. The SMILES string of the molecule is O=C1Nc2ccccc2SC1c1cccc2ccccc12. The molecule has 1 unspecified atom stereocenters. The van der Waals surface area contributed by atoms with Crippen molar-refractivity contribution in [2.45, 2.75) is 10.1 Å². The van der Waals surface area contributed by atoms with Gasteiger partial charge in [-0.2, -0.15) is 0 Å². The Labute approximate surface area is 127 Å². The molecule has 1 aliphatic heterocycles. The Morgan fingerprint density at radius 3 is 2.57 bits per heavy atom. The van der Waals surface area contributed by atoms with Crippen LogP contribution in [0.1, 0.15) is 10.8 Å². The largest absolute Gasteiger partial charge is 0.324 e. The molecule has 21 heavy (non-hydrogen) atoms. The van der Waals surface area contributed by atoms with E-state index in [4.69, 9.17) is 0 Å². The van der Waals surface area contributed by atoms with Crippen LogP contribution in [0.4, 0.5) is 5.69 Å². The smallest absolute Gasteiger partial charge is 0.242 e. The van der Waals surface area contributed by atoms with Crippen LogP contribution in [0.5, 0.6) is 0 Å². The Balaban J connectivity index is 1.84. The minimum absolute atomic E-state index is 0.0510. The van der Waals surface area contributed by atoms with Gasteiger partial charge in [-0.1, -0.05) is 54.6 Å². The van der Waals surface area contributed by atoms with Crippen molar-refractivity contribution in [2.24, 2.45) is 0 Å². The van der Waals surface area contributed by atoms with Crippen LogP contribution >= 0.6 is 11.8 Å². The summed E-state index contributed by atoms with van der Waals surface area (Å²) in [5.41, 5.74) is 1.98. The molecule has 0 aliphatic carbocycles. The molecule has 0 spiro atoms. The maximum absolute atomic E-state index is 12.5. The van der Waals surface area contributed by atoms with Crippen LogP contribution in [0.3, 0.4) is 0 Å². The second-order valence-corrected chi connectivity index (χ2v) is 6.20. The number of amides is 1. The lowest BCUT2D eigenvalue weighted by atomic mass is 10.0. The monoisotopic (exact) mass is 291 g/mol. The van der Waals surface area contributed by atoms with Crippen molar-refractivity contribution in [3.63, 3.8) is 0 Å². The zero-order valence-electron chi connectivity index (χ0n) is 11.2. The summed E-state index contributed by atoms with van der Waals surface area (Å²) in [6.45, 7) is 0. The maximum Gasteiger partial charge on any atom is 0.242 e. The third-order valence-corrected chi connectivity index (χ3v) is 5.05. The van der Waals surface area contributed by atoms with Gasteiger partial charge in [-0.15, -0.1) is 11.8 Å². The highest BCUT2D eigenvalue weighted by Crippen LogP contribution is 2.45. The van der Waals surface area contributed by atoms with Crippen molar-refractivity contribution in [2.75, 3.05) is 5.32 Å². The second kappa shape index (κ2) is 4.93. The molecular weight excluding hydrogens is 278 g/mol. The first kappa shape index (κ1) is 12.5. The molecule has 1 amide bonds. The molecule has 0 aromatic heterocycles. The molecule has 0 bridgehead atoms. The first-order valence-corrected chi connectivity index (χ1v) is 7.75. The summed E-state index contributed by atoms with van der Waals surface area (Å²) >= 11 is 1.62. The number of hydrogen-bond donors (Lipinski definition) is 1. The molecule has 3 heteroatoms. The minimum atomic E-state index is -0.203. The molecule has 1 atom stereocenters. The summed E-state index contributed by atoms with van der Waals surface area (Å²) in [6, 6.07) is 22.3. The van der Waals surface area contributed by atoms with Crippen LogP contribution in [-0.4, -0.2) is 5.91 Å². The number of carbonyl (C=O) groups is 1. The lowest BCUT2D eigenvalue weighted by molar-refractivity contribution is -0.115. The van der Waals surface area contributed by atoms with E-state index in [1.165, 1.54) is 5.39 Å². The van der Waals surface area contributed by atoms with Crippen molar-refractivity contribution in [3.05, 3.63) is 72.3 Å². The number of nitrogens with one attached hydrogen (secondary N) is 1. The molecular formula is C18H13NOS. The molecule has 0 fully saturated rings. The van der Waals surface area contributed by atoms with Gasteiger partial charge in [-0.25, -0.2) is 0 Å². The van der Waals surface area contributed by atoms with Gasteiger partial charge in [0.05, 0.1) is 5.69 Å². The van der Waals surface area contributed by atoms with Gasteiger partial charge in [0.1, 0.15) is 5.25 Å². The van der Waals surface area contributed by atoms with Gasteiger partial charge in [0.25, 0.3) is 0 Å². The van der Waals surface area contributed by atoms with Crippen molar-refractivity contribution >= 4 is 34.1 Å². The van der Waals surface area contributed by atoms with Crippen LogP contribution in [-0.2, 0) is 4.79 Å². The fraction of sp³-hybridized carbons (Fsp3) is 0.0556. The topological polar surface area (TPSA) is 29.1 Å². The Hall–Kier alpha value is -2.26. The van der Waals surface area contributed by atoms with Crippen molar-refractivity contribution in [3.8, 4) is 0 Å². The summed E-state index contributed by atoms with van der Waals surface area (Å²) in [5, 5.41) is 5.12. The quantitative estimate of drug-likeness (QED) is 0.708. The first-order valence-electron chi connectivity index (χ1n) is 6.87.